The van der Waals surface area contributed by atoms with E-state index >= 15 is 0 Å². The zero-order valence-electron chi connectivity index (χ0n) is 73.1. The quantitative estimate of drug-likeness (QED) is 0.134. The fourth-order valence-electron chi connectivity index (χ4n) is 21.3. The average molecular weight is 1700 g/mol. The molecule has 132 heavy (non-hydrogen) atoms. The van der Waals surface area contributed by atoms with Crippen LogP contribution in [0.25, 0.3) is 217 Å². The highest BCUT2D eigenvalue weighted by Crippen LogP contribution is 2.59. The maximum Gasteiger partial charge on any atom is 0.238 e. The third-order valence-electron chi connectivity index (χ3n) is 27.3. The summed E-state index contributed by atoms with van der Waals surface area (Å²) in [6.45, 7) is 14.0. The van der Waals surface area contributed by atoms with Crippen LogP contribution < -0.4 is 0 Å². The summed E-state index contributed by atoms with van der Waals surface area (Å²) in [4.78, 5) is 59.7. The van der Waals surface area contributed by atoms with Gasteiger partial charge in [-0.15, -0.1) is 0 Å². The van der Waals surface area contributed by atoms with Gasteiger partial charge in [-0.2, -0.15) is 29.9 Å². The van der Waals surface area contributed by atoms with Crippen molar-refractivity contribution in [3.8, 4) is 120 Å². The van der Waals surface area contributed by atoms with Gasteiger partial charge < -0.3 is 0 Å². The molecular formula is C117H81N15. The molecule has 9 heterocycles. The topological polar surface area (TPSA) is 169 Å². The zero-order valence-corrected chi connectivity index (χ0v) is 73.1. The van der Waals surface area contributed by atoms with E-state index in [4.69, 9.17) is 49.8 Å². The highest BCUT2D eigenvalue weighted by Gasteiger charge is 2.44. The number of para-hydroxylation sites is 3. The van der Waals surface area contributed by atoms with Gasteiger partial charge >= 0.3 is 0 Å². The van der Waals surface area contributed by atoms with Crippen molar-refractivity contribution in [2.24, 2.45) is 0 Å². The summed E-state index contributed by atoms with van der Waals surface area (Å²) in [5.41, 5.74) is 27.7. The van der Waals surface area contributed by atoms with Gasteiger partial charge in [0.1, 0.15) is 0 Å². The van der Waals surface area contributed by atoms with Crippen LogP contribution in [0.1, 0.15) is 74.9 Å². The summed E-state index contributed by atoms with van der Waals surface area (Å²) in [7, 11) is 0. The number of aromatic nitrogens is 15. The molecule has 0 bridgehead atoms. The summed E-state index contributed by atoms with van der Waals surface area (Å²) >= 11 is 0. The van der Waals surface area contributed by atoms with Gasteiger partial charge in [-0.3, -0.25) is 28.7 Å². The monoisotopic (exact) mass is 1700 g/mol. The lowest BCUT2D eigenvalue weighted by molar-refractivity contribution is 0.663. The normalized spacial score (nSPS) is 13.4. The number of benzene rings is 15. The molecule has 3 aliphatic rings. The highest BCUT2D eigenvalue weighted by molar-refractivity contribution is 6.18. The van der Waals surface area contributed by atoms with Crippen molar-refractivity contribution >= 4 is 97.9 Å². The highest BCUT2D eigenvalue weighted by atomic mass is 15.2. The van der Waals surface area contributed by atoms with E-state index in [-0.39, 0.29) is 16.2 Å². The van der Waals surface area contributed by atoms with Gasteiger partial charge in [0.05, 0.1) is 38.6 Å². The fourth-order valence-corrected chi connectivity index (χ4v) is 21.3. The van der Waals surface area contributed by atoms with Crippen molar-refractivity contribution in [1.29, 1.82) is 0 Å². The Balaban J connectivity index is 0.000000106. The van der Waals surface area contributed by atoms with Crippen LogP contribution in [-0.2, 0) is 16.2 Å². The molecule has 0 atom stereocenters. The van der Waals surface area contributed by atoms with Crippen LogP contribution in [0, 0.1) is 0 Å². The second kappa shape index (κ2) is 30.1. The van der Waals surface area contributed by atoms with Crippen molar-refractivity contribution in [3.05, 3.63) is 416 Å². The molecule has 3 aliphatic carbocycles. The molecule has 0 saturated carbocycles. The molecule has 15 nitrogen and oxygen atoms in total. The molecule has 0 radical (unpaired) electrons. The Morgan fingerprint density at radius 2 is 0.523 bits per heavy atom. The minimum Gasteiger partial charge on any atom is -0.277 e. The number of hydrogen-bond acceptors (Lipinski definition) is 12. The maximum absolute atomic E-state index is 5.18. The van der Waals surface area contributed by atoms with Gasteiger partial charge in [-0.05, 0) is 108 Å². The van der Waals surface area contributed by atoms with E-state index in [2.05, 4.69) is 302 Å². The average Bonchev–Trinajstić information content (AvgIpc) is 1.54. The summed E-state index contributed by atoms with van der Waals surface area (Å²) < 4.78 is 6.78. The lowest BCUT2D eigenvalue weighted by Crippen LogP contribution is -2.17. The van der Waals surface area contributed by atoms with Gasteiger partial charge in [0.15, 0.2) is 34.9 Å². The first-order valence-corrected chi connectivity index (χ1v) is 44.7. The second-order valence-corrected chi connectivity index (χ2v) is 35.9. The van der Waals surface area contributed by atoms with E-state index in [9.17, 15) is 0 Å². The lowest BCUT2D eigenvalue weighted by Gasteiger charge is -2.23. The molecule has 27 rings (SSSR count). The van der Waals surface area contributed by atoms with Crippen molar-refractivity contribution in [3.63, 3.8) is 0 Å². The van der Waals surface area contributed by atoms with Crippen LogP contribution in [0.15, 0.2) is 383 Å². The molecule has 0 N–H and O–H groups in total. The molecule has 9 aromatic heterocycles. The van der Waals surface area contributed by atoms with Gasteiger partial charge in [0.2, 0.25) is 17.8 Å². The van der Waals surface area contributed by atoms with Gasteiger partial charge in [-0.1, -0.05) is 357 Å². The van der Waals surface area contributed by atoms with Crippen LogP contribution >= 0.6 is 0 Å². The Kier molecular flexibility index (Phi) is 17.6. The standard InChI is InChI=1S/3C39H27N5/c1-39(2)30-22-19-24-16-11-23-40-34(24)32(30)29-21-20-28-27-17-9-10-18-31(27)44(35(28)33(29)39)38-42-36(25-12-5-3-6-13-25)41-37(43-38)26-14-7-4-8-15-26;1-39(2)31-20-17-24-21-22-40-23-30(24)33(31)29-19-18-28-27-15-9-10-16-32(27)44(35(28)34(29)39)38-42-36(25-11-5-3-6-12-25)41-37(43-38)26-13-7-4-8-14-26;1-39(2)31-20-17-26-23-40-22-21-27(26)33(31)30-19-18-29-28-15-9-10-16-32(28)44(35(29)34(30)39)38-42-36(24-11-5-3-6-12-24)41-37(43-38)25-13-7-4-8-14-25/h3*3-23H,1-2H3. The SMILES string of the molecule is CC1(C)c2ccc3cccnc3c2-c2ccc3c4ccccc4n(-c4nc(-c5ccccc5)nc(-c5ccccc5)n4)c3c21.CC1(C)c2ccc3ccncc3c2-c2ccc3c4ccccc4n(-c4nc(-c5ccccc5)nc(-c5ccccc5)n4)c3c21.CC1(C)c2ccc3cnccc3c2-c2ccc3c4ccccc4n(-c4nc(-c5ccccc5)nc(-c5ccccc5)n4)c3c21. The van der Waals surface area contributed by atoms with Crippen molar-refractivity contribution in [1.82, 2.24) is 73.5 Å². The summed E-state index contributed by atoms with van der Waals surface area (Å²) in [6, 6.07) is 122. The lowest BCUT2D eigenvalue weighted by atomic mass is 9.81. The molecule has 0 saturated heterocycles. The van der Waals surface area contributed by atoms with Crippen LogP contribution in [0.5, 0.6) is 0 Å². The van der Waals surface area contributed by atoms with Gasteiger partial charge in [0.25, 0.3) is 0 Å². The molecule has 0 aliphatic heterocycles. The zero-order chi connectivity index (χ0) is 88.2. The Labute approximate surface area is 760 Å². The number of hydrogen-bond donors (Lipinski definition) is 0. The van der Waals surface area contributed by atoms with E-state index in [0.29, 0.717) is 52.8 Å². The van der Waals surface area contributed by atoms with Crippen LogP contribution in [0.4, 0.5) is 0 Å². The van der Waals surface area contributed by atoms with Crippen LogP contribution in [-0.4, -0.2) is 73.5 Å². The molecule has 15 aromatic carbocycles. The number of rotatable bonds is 9. The first kappa shape index (κ1) is 77.3. The van der Waals surface area contributed by atoms with E-state index < -0.39 is 0 Å². The number of nitrogens with zero attached hydrogens (tertiary/aromatic N) is 15. The third-order valence-corrected chi connectivity index (χ3v) is 27.3. The largest absolute Gasteiger partial charge is 0.277 e. The summed E-state index contributed by atoms with van der Waals surface area (Å²) in [6.07, 6.45) is 9.61. The molecule has 24 aromatic rings. The Bertz CT molecular complexity index is 7860. The van der Waals surface area contributed by atoms with Gasteiger partial charge in [-0.25, -0.2) is 15.0 Å². The molecule has 0 spiro atoms. The Morgan fingerprint density at radius 1 is 0.212 bits per heavy atom. The minimum absolute atomic E-state index is 0.259. The minimum atomic E-state index is -0.278. The molecule has 0 fully saturated rings. The Morgan fingerprint density at radius 3 is 0.902 bits per heavy atom. The van der Waals surface area contributed by atoms with Crippen molar-refractivity contribution in [2.75, 3.05) is 0 Å². The molecule has 624 valence electrons. The first-order valence-electron chi connectivity index (χ1n) is 44.7. The predicted octanol–water partition coefficient (Wildman–Crippen LogP) is 27.5. The molecule has 15 heteroatoms. The first-order chi connectivity index (χ1) is 64.8. The number of fused-ring (bicyclic) bond motifs is 27. The maximum atomic E-state index is 5.18. The summed E-state index contributed by atoms with van der Waals surface area (Å²) in [5.74, 6) is 5.69. The van der Waals surface area contributed by atoms with E-state index in [1.165, 1.54) is 115 Å². The van der Waals surface area contributed by atoms with Gasteiger partial charge in [0, 0.05) is 135 Å². The van der Waals surface area contributed by atoms with E-state index in [1.54, 1.807) is 0 Å². The van der Waals surface area contributed by atoms with Crippen LogP contribution in [0.2, 0.25) is 0 Å². The van der Waals surface area contributed by atoms with E-state index in [0.717, 1.165) is 82.8 Å². The molecular weight excluding hydrogens is 1620 g/mol. The molecule has 0 amide bonds. The van der Waals surface area contributed by atoms with Crippen molar-refractivity contribution < 1.29 is 0 Å². The summed E-state index contributed by atoms with van der Waals surface area (Å²) in [5, 5.41) is 13.0. The molecule has 0 unspecified atom stereocenters. The number of pyridine rings is 3. The van der Waals surface area contributed by atoms with Crippen LogP contribution in [0.3, 0.4) is 0 Å². The Hall–Kier alpha value is -17.0. The second-order valence-electron chi connectivity index (χ2n) is 35.9. The smallest absolute Gasteiger partial charge is 0.238 e. The van der Waals surface area contributed by atoms with E-state index in [1.807, 2.05) is 146 Å². The third kappa shape index (κ3) is 12.0. The van der Waals surface area contributed by atoms with Crippen molar-refractivity contribution in [2.45, 2.75) is 57.8 Å². The predicted molar refractivity (Wildman–Crippen MR) is 534 cm³/mol. The fraction of sp³-hybridized carbons (Fsp3) is 0.0769.